The maximum Gasteiger partial charge on any atom is 0.107 e. The quantitative estimate of drug-likeness (QED) is 0.800. The molecule has 1 heterocycles. The van der Waals surface area contributed by atoms with E-state index in [-0.39, 0.29) is 4.49 Å². The van der Waals surface area contributed by atoms with Crippen LogP contribution in [0.15, 0.2) is 22.8 Å². The van der Waals surface area contributed by atoms with E-state index >= 15 is 0 Å². The molecule has 0 spiro atoms. The molecule has 0 amide bonds. The summed E-state index contributed by atoms with van der Waals surface area (Å²) < 4.78 is 0.206. The SMILES string of the molecule is NCc1ncccc1C=C(Cl)Cl. The molecule has 0 saturated carbocycles. The summed E-state index contributed by atoms with van der Waals surface area (Å²) in [7, 11) is 0. The molecule has 0 aliphatic rings. The first-order chi connectivity index (χ1) is 5.74. The second-order valence-electron chi connectivity index (χ2n) is 2.18. The molecule has 2 nitrogen and oxygen atoms in total. The van der Waals surface area contributed by atoms with Crippen molar-refractivity contribution in [2.45, 2.75) is 6.54 Å². The molecule has 0 aromatic carbocycles. The van der Waals surface area contributed by atoms with Crippen LogP contribution in [0.1, 0.15) is 11.3 Å². The number of hydrogen-bond acceptors (Lipinski definition) is 2. The van der Waals surface area contributed by atoms with Crippen molar-refractivity contribution < 1.29 is 0 Å². The Hall–Kier alpha value is -0.570. The molecule has 64 valence electrons. The Morgan fingerprint density at radius 1 is 1.58 bits per heavy atom. The predicted molar refractivity (Wildman–Crippen MR) is 51.8 cm³/mol. The monoisotopic (exact) mass is 202 g/mol. The van der Waals surface area contributed by atoms with Crippen molar-refractivity contribution in [1.29, 1.82) is 0 Å². The highest BCUT2D eigenvalue weighted by molar-refractivity contribution is 6.57. The average molecular weight is 203 g/mol. The van der Waals surface area contributed by atoms with E-state index in [0.29, 0.717) is 6.54 Å². The van der Waals surface area contributed by atoms with Crippen LogP contribution >= 0.6 is 23.2 Å². The predicted octanol–water partition coefficient (Wildman–Crippen LogP) is 2.32. The van der Waals surface area contributed by atoms with Crippen LogP contribution < -0.4 is 5.73 Å². The number of rotatable bonds is 2. The van der Waals surface area contributed by atoms with Crippen molar-refractivity contribution >= 4 is 29.3 Å². The van der Waals surface area contributed by atoms with Gasteiger partial charge in [0.25, 0.3) is 0 Å². The van der Waals surface area contributed by atoms with Gasteiger partial charge in [0.15, 0.2) is 0 Å². The topological polar surface area (TPSA) is 38.9 Å². The first-order valence-corrected chi connectivity index (χ1v) is 4.16. The van der Waals surface area contributed by atoms with Crippen molar-refractivity contribution in [3.8, 4) is 0 Å². The fourth-order valence-electron chi connectivity index (χ4n) is 0.870. The van der Waals surface area contributed by atoms with Gasteiger partial charge < -0.3 is 5.73 Å². The fourth-order valence-corrected chi connectivity index (χ4v) is 1.11. The molecule has 2 N–H and O–H groups in total. The number of pyridine rings is 1. The minimum Gasteiger partial charge on any atom is -0.325 e. The van der Waals surface area contributed by atoms with Gasteiger partial charge in [-0.05, 0) is 17.7 Å². The number of nitrogens with zero attached hydrogens (tertiary/aromatic N) is 1. The van der Waals surface area contributed by atoms with E-state index in [4.69, 9.17) is 28.9 Å². The van der Waals surface area contributed by atoms with Crippen LogP contribution in [0.3, 0.4) is 0 Å². The molecule has 0 atom stereocenters. The van der Waals surface area contributed by atoms with Gasteiger partial charge in [-0.3, -0.25) is 4.98 Å². The molecule has 0 unspecified atom stereocenters. The molecular weight excluding hydrogens is 195 g/mol. The largest absolute Gasteiger partial charge is 0.325 e. The van der Waals surface area contributed by atoms with Crippen LogP contribution in [0.25, 0.3) is 6.08 Å². The summed E-state index contributed by atoms with van der Waals surface area (Å²) in [4.78, 5) is 4.06. The van der Waals surface area contributed by atoms with E-state index in [0.717, 1.165) is 11.3 Å². The van der Waals surface area contributed by atoms with E-state index in [1.807, 2.05) is 12.1 Å². The molecule has 12 heavy (non-hydrogen) atoms. The summed E-state index contributed by atoms with van der Waals surface area (Å²) in [6, 6.07) is 3.67. The number of halogens is 2. The lowest BCUT2D eigenvalue weighted by atomic mass is 10.2. The van der Waals surface area contributed by atoms with Crippen molar-refractivity contribution in [3.05, 3.63) is 34.1 Å². The molecule has 1 aromatic heterocycles. The second kappa shape index (κ2) is 4.45. The lowest BCUT2D eigenvalue weighted by Crippen LogP contribution is -2.01. The van der Waals surface area contributed by atoms with Gasteiger partial charge in [0.05, 0.1) is 5.69 Å². The third kappa shape index (κ3) is 2.48. The zero-order chi connectivity index (χ0) is 8.97. The Morgan fingerprint density at radius 2 is 2.33 bits per heavy atom. The molecule has 0 aliphatic carbocycles. The summed E-state index contributed by atoms with van der Waals surface area (Å²) in [5.41, 5.74) is 7.10. The molecule has 1 rings (SSSR count). The van der Waals surface area contributed by atoms with Crippen LogP contribution in [-0.4, -0.2) is 4.98 Å². The van der Waals surface area contributed by atoms with Gasteiger partial charge >= 0.3 is 0 Å². The van der Waals surface area contributed by atoms with E-state index in [9.17, 15) is 0 Å². The van der Waals surface area contributed by atoms with Gasteiger partial charge in [-0.15, -0.1) is 0 Å². The first-order valence-electron chi connectivity index (χ1n) is 3.40. The zero-order valence-corrected chi connectivity index (χ0v) is 7.81. The van der Waals surface area contributed by atoms with Gasteiger partial charge in [-0.2, -0.15) is 0 Å². The number of nitrogens with two attached hydrogens (primary N) is 1. The Labute approximate surface area is 81.0 Å². The van der Waals surface area contributed by atoms with Gasteiger partial charge in [0.1, 0.15) is 4.49 Å². The maximum atomic E-state index is 5.50. The lowest BCUT2D eigenvalue weighted by molar-refractivity contribution is 0.985. The molecular formula is C8H8Cl2N2. The van der Waals surface area contributed by atoms with E-state index in [1.54, 1.807) is 12.3 Å². The second-order valence-corrected chi connectivity index (χ2v) is 3.19. The summed E-state index contributed by atoms with van der Waals surface area (Å²) in [6.45, 7) is 0.383. The van der Waals surface area contributed by atoms with Gasteiger partial charge in [-0.25, -0.2) is 0 Å². The Balaban J connectivity index is 3.05. The first kappa shape index (κ1) is 9.52. The van der Waals surface area contributed by atoms with Crippen LogP contribution in [0.4, 0.5) is 0 Å². The third-order valence-corrected chi connectivity index (χ3v) is 1.60. The molecule has 0 bridgehead atoms. The van der Waals surface area contributed by atoms with Crippen LogP contribution in [0.2, 0.25) is 0 Å². The molecule has 1 aromatic rings. The van der Waals surface area contributed by atoms with Crippen molar-refractivity contribution in [3.63, 3.8) is 0 Å². The van der Waals surface area contributed by atoms with Gasteiger partial charge in [0.2, 0.25) is 0 Å². The highest BCUT2D eigenvalue weighted by Crippen LogP contribution is 2.15. The fraction of sp³-hybridized carbons (Fsp3) is 0.125. The standard InChI is InChI=1S/C8H8Cl2N2/c9-8(10)4-6-2-1-3-12-7(6)5-11/h1-4H,5,11H2. The molecule has 0 aliphatic heterocycles. The van der Waals surface area contributed by atoms with Crippen LogP contribution in [-0.2, 0) is 6.54 Å². The van der Waals surface area contributed by atoms with Gasteiger partial charge in [0, 0.05) is 12.7 Å². The highest BCUT2D eigenvalue weighted by Gasteiger charge is 1.97. The Kier molecular flexibility index (Phi) is 3.53. The van der Waals surface area contributed by atoms with Crippen molar-refractivity contribution in [2.75, 3.05) is 0 Å². The number of aromatic nitrogens is 1. The summed E-state index contributed by atoms with van der Waals surface area (Å²) in [5, 5.41) is 0. The van der Waals surface area contributed by atoms with Crippen LogP contribution in [0.5, 0.6) is 0 Å². The Morgan fingerprint density at radius 3 is 2.92 bits per heavy atom. The van der Waals surface area contributed by atoms with Crippen molar-refractivity contribution in [1.82, 2.24) is 4.98 Å². The minimum atomic E-state index is 0.206. The third-order valence-electron chi connectivity index (χ3n) is 1.38. The highest BCUT2D eigenvalue weighted by atomic mass is 35.5. The Bertz CT molecular complexity index is 293. The average Bonchev–Trinajstić information content (AvgIpc) is 2.04. The zero-order valence-electron chi connectivity index (χ0n) is 6.30. The van der Waals surface area contributed by atoms with E-state index < -0.39 is 0 Å². The normalized spacial score (nSPS) is 9.58. The summed E-state index contributed by atoms with van der Waals surface area (Å²) >= 11 is 11.0. The maximum absolute atomic E-state index is 5.50. The molecule has 0 radical (unpaired) electrons. The summed E-state index contributed by atoms with van der Waals surface area (Å²) in [6.07, 6.45) is 3.31. The van der Waals surface area contributed by atoms with E-state index in [2.05, 4.69) is 4.98 Å². The van der Waals surface area contributed by atoms with Gasteiger partial charge in [-0.1, -0.05) is 29.3 Å². The van der Waals surface area contributed by atoms with E-state index in [1.165, 1.54) is 0 Å². The molecule has 0 fully saturated rings. The smallest absolute Gasteiger partial charge is 0.107 e. The summed E-state index contributed by atoms with van der Waals surface area (Å²) in [5.74, 6) is 0. The number of hydrogen-bond donors (Lipinski definition) is 1. The lowest BCUT2D eigenvalue weighted by Gasteiger charge is -1.99. The minimum absolute atomic E-state index is 0.206. The van der Waals surface area contributed by atoms with Crippen LogP contribution in [0, 0.1) is 0 Å². The van der Waals surface area contributed by atoms with Crippen molar-refractivity contribution in [2.24, 2.45) is 5.73 Å². The molecule has 0 saturated heterocycles. The molecule has 4 heteroatoms.